The molecule has 0 spiro atoms. The Morgan fingerprint density at radius 3 is 2.50 bits per heavy atom. The number of sulfonamides is 1. The topological polar surface area (TPSA) is 80.5 Å². The number of hydrogen-bond donors (Lipinski definition) is 0. The predicted octanol–water partition coefficient (Wildman–Crippen LogP) is 1.83. The second-order valence-corrected chi connectivity index (χ2v) is 6.71. The van der Waals surface area contributed by atoms with Crippen LogP contribution in [-0.2, 0) is 10.0 Å². The lowest BCUT2D eigenvalue weighted by Crippen LogP contribution is -2.30. The molecule has 1 aromatic rings. The smallest absolute Gasteiger partial charge is 0.266 e. The molecular formula is C11H14N2O4S. The third kappa shape index (κ3) is 2.17. The van der Waals surface area contributed by atoms with Gasteiger partial charge in [0.25, 0.3) is 5.69 Å². The van der Waals surface area contributed by atoms with Gasteiger partial charge in [0.2, 0.25) is 10.0 Å². The van der Waals surface area contributed by atoms with E-state index in [0.717, 1.165) is 9.87 Å². The lowest BCUT2D eigenvalue weighted by Gasteiger charge is -2.19. The van der Waals surface area contributed by atoms with Crippen molar-refractivity contribution >= 4 is 21.4 Å². The molecule has 0 aromatic heterocycles. The van der Waals surface area contributed by atoms with Gasteiger partial charge >= 0.3 is 0 Å². The van der Waals surface area contributed by atoms with Crippen molar-refractivity contribution in [2.45, 2.75) is 25.0 Å². The van der Waals surface area contributed by atoms with E-state index >= 15 is 0 Å². The van der Waals surface area contributed by atoms with Crippen molar-refractivity contribution in [3.05, 3.63) is 33.9 Å². The molecule has 0 heterocycles. The first-order valence-corrected chi connectivity index (χ1v) is 7.07. The first-order valence-electron chi connectivity index (χ1n) is 5.57. The van der Waals surface area contributed by atoms with Crippen LogP contribution in [0.3, 0.4) is 0 Å². The van der Waals surface area contributed by atoms with Gasteiger partial charge in [-0.1, -0.05) is 6.07 Å². The molecule has 98 valence electrons. The van der Waals surface area contributed by atoms with Crippen LogP contribution in [0.2, 0.25) is 0 Å². The summed E-state index contributed by atoms with van der Waals surface area (Å²) < 4.78 is 25.2. The SMILES string of the molecule is Cc1ccc([N+](=O)[O-])c(N(C)S(=O)(=O)C2CC2)c1. The number of nitro groups is 1. The average molecular weight is 270 g/mol. The molecule has 1 fully saturated rings. The summed E-state index contributed by atoms with van der Waals surface area (Å²) in [4.78, 5) is 10.4. The molecule has 1 aliphatic carbocycles. The minimum Gasteiger partial charge on any atom is -0.266 e. The van der Waals surface area contributed by atoms with Gasteiger partial charge in [-0.05, 0) is 31.4 Å². The highest BCUT2D eigenvalue weighted by Gasteiger charge is 2.40. The molecule has 0 atom stereocenters. The fraction of sp³-hybridized carbons (Fsp3) is 0.455. The zero-order valence-corrected chi connectivity index (χ0v) is 11.0. The summed E-state index contributed by atoms with van der Waals surface area (Å²) in [6.45, 7) is 1.77. The Morgan fingerprint density at radius 2 is 2.00 bits per heavy atom. The first kappa shape index (κ1) is 12.8. The van der Waals surface area contributed by atoms with E-state index in [9.17, 15) is 18.5 Å². The van der Waals surface area contributed by atoms with Gasteiger partial charge in [0.1, 0.15) is 5.69 Å². The molecule has 7 heteroatoms. The van der Waals surface area contributed by atoms with Gasteiger partial charge in [0, 0.05) is 13.1 Å². The van der Waals surface area contributed by atoms with Crippen molar-refractivity contribution in [3.63, 3.8) is 0 Å². The van der Waals surface area contributed by atoms with Gasteiger partial charge in [-0.2, -0.15) is 0 Å². The van der Waals surface area contributed by atoms with Crippen LogP contribution in [0, 0.1) is 17.0 Å². The summed E-state index contributed by atoms with van der Waals surface area (Å²) in [5.74, 6) is 0. The number of nitrogens with zero attached hydrogens (tertiary/aromatic N) is 2. The quantitative estimate of drug-likeness (QED) is 0.617. The van der Waals surface area contributed by atoms with E-state index in [4.69, 9.17) is 0 Å². The number of nitro benzene ring substituents is 1. The summed E-state index contributed by atoms with van der Waals surface area (Å²) in [5.41, 5.74) is 0.729. The molecule has 18 heavy (non-hydrogen) atoms. The maximum Gasteiger partial charge on any atom is 0.293 e. The summed E-state index contributed by atoms with van der Waals surface area (Å²) >= 11 is 0. The molecule has 6 nitrogen and oxygen atoms in total. The van der Waals surface area contributed by atoms with Crippen LogP contribution in [0.15, 0.2) is 18.2 Å². The average Bonchev–Trinajstić information content (AvgIpc) is 3.11. The number of hydrogen-bond acceptors (Lipinski definition) is 4. The van der Waals surface area contributed by atoms with Gasteiger partial charge in [-0.3, -0.25) is 14.4 Å². The van der Waals surface area contributed by atoms with Crippen molar-refractivity contribution in [2.24, 2.45) is 0 Å². The second-order valence-electron chi connectivity index (χ2n) is 4.46. The van der Waals surface area contributed by atoms with Crippen LogP contribution in [0.5, 0.6) is 0 Å². The van der Waals surface area contributed by atoms with Gasteiger partial charge in [-0.15, -0.1) is 0 Å². The van der Waals surface area contributed by atoms with Crippen molar-refractivity contribution in [1.82, 2.24) is 0 Å². The molecule has 0 bridgehead atoms. The van der Waals surface area contributed by atoms with Crippen LogP contribution in [0.25, 0.3) is 0 Å². The van der Waals surface area contributed by atoms with Crippen molar-refractivity contribution in [3.8, 4) is 0 Å². The highest BCUT2D eigenvalue weighted by Crippen LogP contribution is 2.36. The number of anilines is 1. The highest BCUT2D eigenvalue weighted by atomic mass is 32.2. The van der Waals surface area contributed by atoms with Crippen molar-refractivity contribution in [1.29, 1.82) is 0 Å². The number of aryl methyl sites for hydroxylation is 1. The Morgan fingerprint density at radius 1 is 1.39 bits per heavy atom. The highest BCUT2D eigenvalue weighted by molar-refractivity contribution is 7.93. The molecule has 1 aromatic carbocycles. The first-order chi connectivity index (χ1) is 8.34. The molecule has 2 rings (SSSR count). The fourth-order valence-corrected chi connectivity index (χ4v) is 3.37. The van der Waals surface area contributed by atoms with E-state index in [1.807, 2.05) is 0 Å². The lowest BCUT2D eigenvalue weighted by molar-refractivity contribution is -0.384. The zero-order valence-electron chi connectivity index (χ0n) is 10.2. The molecular weight excluding hydrogens is 256 g/mol. The maximum atomic E-state index is 12.1. The largest absolute Gasteiger partial charge is 0.293 e. The molecule has 0 radical (unpaired) electrons. The summed E-state index contributed by atoms with van der Waals surface area (Å²) in [6.07, 6.45) is 1.26. The molecule has 0 N–H and O–H groups in total. The Bertz CT molecular complexity index is 593. The van der Waals surface area contributed by atoms with Crippen LogP contribution in [-0.4, -0.2) is 25.6 Å². The molecule has 1 aliphatic rings. The Balaban J connectivity index is 2.49. The van der Waals surface area contributed by atoms with Crippen LogP contribution < -0.4 is 4.31 Å². The lowest BCUT2D eigenvalue weighted by atomic mass is 10.2. The van der Waals surface area contributed by atoms with E-state index in [1.165, 1.54) is 19.2 Å². The molecule has 0 saturated heterocycles. The van der Waals surface area contributed by atoms with Crippen LogP contribution in [0.4, 0.5) is 11.4 Å². The number of rotatable bonds is 4. The monoisotopic (exact) mass is 270 g/mol. The molecule has 0 aliphatic heterocycles. The van der Waals surface area contributed by atoms with Gasteiger partial charge < -0.3 is 0 Å². The zero-order chi connectivity index (χ0) is 13.5. The standard InChI is InChI=1S/C11H14N2O4S/c1-8-3-6-10(13(14)15)11(7-8)12(2)18(16,17)9-4-5-9/h3,6-7,9H,4-5H2,1-2H3. The number of benzene rings is 1. The van der Waals surface area contributed by atoms with Crippen LogP contribution >= 0.6 is 0 Å². The Hall–Kier alpha value is -1.63. The van der Waals surface area contributed by atoms with E-state index < -0.39 is 14.9 Å². The summed E-state index contributed by atoms with van der Waals surface area (Å²) in [6, 6.07) is 4.46. The van der Waals surface area contributed by atoms with E-state index in [2.05, 4.69) is 0 Å². The van der Waals surface area contributed by atoms with Crippen molar-refractivity contribution < 1.29 is 13.3 Å². The van der Waals surface area contributed by atoms with E-state index in [1.54, 1.807) is 13.0 Å². The third-order valence-corrected chi connectivity index (χ3v) is 5.27. The van der Waals surface area contributed by atoms with Gasteiger partial charge in [-0.25, -0.2) is 8.42 Å². The third-order valence-electron chi connectivity index (χ3n) is 2.99. The van der Waals surface area contributed by atoms with E-state index in [0.29, 0.717) is 12.8 Å². The minimum atomic E-state index is -3.46. The Kier molecular flexibility index (Phi) is 3.02. The second kappa shape index (κ2) is 4.24. The fourth-order valence-electron chi connectivity index (χ4n) is 1.77. The van der Waals surface area contributed by atoms with Gasteiger partial charge in [0.05, 0.1) is 10.2 Å². The summed E-state index contributed by atoms with van der Waals surface area (Å²) in [7, 11) is -2.09. The molecule has 1 saturated carbocycles. The predicted molar refractivity (Wildman–Crippen MR) is 68.2 cm³/mol. The summed E-state index contributed by atoms with van der Waals surface area (Å²) in [5, 5.41) is 10.5. The van der Waals surface area contributed by atoms with Gasteiger partial charge in [0.15, 0.2) is 0 Å². The molecule has 0 amide bonds. The maximum absolute atomic E-state index is 12.1. The van der Waals surface area contributed by atoms with Crippen molar-refractivity contribution in [2.75, 3.05) is 11.4 Å². The normalized spacial score (nSPS) is 15.4. The van der Waals surface area contributed by atoms with E-state index in [-0.39, 0.29) is 16.6 Å². The Labute approximate surface area is 105 Å². The molecule has 0 unspecified atom stereocenters. The van der Waals surface area contributed by atoms with Crippen LogP contribution in [0.1, 0.15) is 18.4 Å². The minimum absolute atomic E-state index is 0.131.